The third-order valence-electron chi connectivity index (χ3n) is 5.23. The van der Waals surface area contributed by atoms with Gasteiger partial charge in [-0.3, -0.25) is 9.10 Å². The Hall–Kier alpha value is -2.67. The summed E-state index contributed by atoms with van der Waals surface area (Å²) in [6.45, 7) is 0.151. The molecule has 0 spiro atoms. The van der Waals surface area contributed by atoms with Gasteiger partial charge in [-0.2, -0.15) is 5.10 Å². The van der Waals surface area contributed by atoms with Crippen LogP contribution < -0.4 is 9.73 Å². The summed E-state index contributed by atoms with van der Waals surface area (Å²) in [4.78, 5) is 12.9. The molecule has 1 N–H and O–H groups in total. The number of rotatable bonds is 6. The Labute approximate surface area is 179 Å². The van der Waals surface area contributed by atoms with Crippen LogP contribution in [0.1, 0.15) is 60.9 Å². The second kappa shape index (κ2) is 10.4. The predicted molar refractivity (Wildman–Crippen MR) is 121 cm³/mol. The van der Waals surface area contributed by atoms with Crippen molar-refractivity contribution in [3.63, 3.8) is 0 Å². The second-order valence-corrected chi connectivity index (χ2v) is 9.57. The van der Waals surface area contributed by atoms with Crippen LogP contribution in [0.15, 0.2) is 59.7 Å². The molecule has 6 nitrogen and oxygen atoms in total. The molecule has 0 saturated heterocycles. The number of hydrogen-bond acceptors (Lipinski definition) is 4. The van der Waals surface area contributed by atoms with E-state index in [9.17, 15) is 13.2 Å². The van der Waals surface area contributed by atoms with Gasteiger partial charge in [0.1, 0.15) is 0 Å². The lowest BCUT2D eigenvalue weighted by Crippen LogP contribution is -2.32. The smallest absolute Gasteiger partial charge is 0.267 e. The van der Waals surface area contributed by atoms with E-state index >= 15 is 0 Å². The molecule has 2 aromatic rings. The zero-order valence-corrected chi connectivity index (χ0v) is 18.2. The van der Waals surface area contributed by atoms with E-state index in [1.807, 2.05) is 30.3 Å². The van der Waals surface area contributed by atoms with Gasteiger partial charge in [-0.25, -0.2) is 13.8 Å². The van der Waals surface area contributed by atoms with E-state index in [-0.39, 0.29) is 12.1 Å². The summed E-state index contributed by atoms with van der Waals surface area (Å²) in [5.41, 5.74) is 5.13. The number of sulfonamides is 1. The van der Waals surface area contributed by atoms with Crippen LogP contribution in [0.3, 0.4) is 0 Å². The lowest BCUT2D eigenvalue weighted by atomic mass is 9.99. The molecule has 2 aromatic carbocycles. The van der Waals surface area contributed by atoms with Gasteiger partial charge < -0.3 is 0 Å². The molecular formula is C23H29N3O3S. The van der Waals surface area contributed by atoms with Crippen molar-refractivity contribution in [3.8, 4) is 0 Å². The fraction of sp³-hybridized carbons (Fsp3) is 0.391. The lowest BCUT2D eigenvalue weighted by molar-refractivity contribution is 0.0955. The number of hydrogen-bond donors (Lipinski definition) is 1. The standard InChI is InChI=1S/C23H29N3O3S/c1-30(28,29)26(18-19-12-6-5-7-13-19)22-17-11-10-16-21(22)23(27)25-24-20-14-8-3-2-4-9-15-20/h5-7,10-13,16-17H,2-4,8-9,14-15,18H2,1H3,(H,25,27). The maximum absolute atomic E-state index is 12.9. The van der Waals surface area contributed by atoms with E-state index in [4.69, 9.17) is 0 Å². The average Bonchev–Trinajstić information content (AvgIpc) is 2.71. The van der Waals surface area contributed by atoms with Gasteiger partial charge in [0.2, 0.25) is 10.0 Å². The van der Waals surface area contributed by atoms with Crippen LogP contribution in [0.5, 0.6) is 0 Å². The minimum absolute atomic E-state index is 0.151. The van der Waals surface area contributed by atoms with Gasteiger partial charge in [0.15, 0.2) is 0 Å². The SMILES string of the molecule is CS(=O)(=O)N(Cc1ccccc1)c1ccccc1C(=O)NN=C1CCCCCCC1. The molecule has 1 aliphatic carbocycles. The minimum Gasteiger partial charge on any atom is -0.267 e. The second-order valence-electron chi connectivity index (χ2n) is 7.66. The Balaban J connectivity index is 1.84. The van der Waals surface area contributed by atoms with Gasteiger partial charge in [-0.1, -0.05) is 61.7 Å². The molecule has 0 atom stereocenters. The fourth-order valence-electron chi connectivity index (χ4n) is 3.63. The number of anilines is 1. The molecule has 160 valence electrons. The van der Waals surface area contributed by atoms with Crippen LogP contribution in [0, 0.1) is 0 Å². The van der Waals surface area contributed by atoms with Gasteiger partial charge in [0.05, 0.1) is 24.1 Å². The molecule has 0 radical (unpaired) electrons. The summed E-state index contributed by atoms with van der Waals surface area (Å²) in [6, 6.07) is 16.1. The number of nitrogens with one attached hydrogen (secondary N) is 1. The largest absolute Gasteiger partial charge is 0.273 e. The molecule has 30 heavy (non-hydrogen) atoms. The van der Waals surface area contributed by atoms with Crippen molar-refractivity contribution in [1.29, 1.82) is 0 Å². The van der Waals surface area contributed by atoms with E-state index < -0.39 is 15.9 Å². The molecule has 0 heterocycles. The molecule has 0 unspecified atom stereocenters. The summed E-state index contributed by atoms with van der Waals surface area (Å²) >= 11 is 0. The van der Waals surface area contributed by atoms with Crippen LogP contribution in [0.2, 0.25) is 0 Å². The molecule has 1 saturated carbocycles. The van der Waals surface area contributed by atoms with Crippen LogP contribution in [-0.2, 0) is 16.6 Å². The summed E-state index contributed by atoms with van der Waals surface area (Å²) in [6.07, 6.45) is 8.76. The quantitative estimate of drug-likeness (QED) is 0.690. The van der Waals surface area contributed by atoms with E-state index in [0.29, 0.717) is 5.69 Å². The van der Waals surface area contributed by atoms with Crippen LogP contribution >= 0.6 is 0 Å². The minimum atomic E-state index is -3.60. The lowest BCUT2D eigenvalue weighted by Gasteiger charge is -2.24. The third-order valence-corrected chi connectivity index (χ3v) is 6.36. The van der Waals surface area contributed by atoms with Crippen molar-refractivity contribution >= 4 is 27.3 Å². The Morgan fingerprint density at radius 2 is 1.53 bits per heavy atom. The number of amides is 1. The first kappa shape index (κ1) is 22.0. The maximum atomic E-state index is 12.9. The molecule has 1 amide bonds. The van der Waals surface area contributed by atoms with Gasteiger partial charge in [0.25, 0.3) is 5.91 Å². The number of carbonyl (C=O) groups is 1. The predicted octanol–water partition coefficient (Wildman–Crippen LogP) is 4.48. The summed E-state index contributed by atoms with van der Waals surface area (Å²) < 4.78 is 26.4. The molecule has 1 aliphatic rings. The van der Waals surface area contributed by atoms with Crippen LogP contribution in [0.4, 0.5) is 5.69 Å². The van der Waals surface area contributed by atoms with Crippen molar-refractivity contribution in [3.05, 3.63) is 65.7 Å². The third kappa shape index (κ3) is 6.16. The first-order valence-electron chi connectivity index (χ1n) is 10.4. The fourth-order valence-corrected chi connectivity index (χ4v) is 4.53. The van der Waals surface area contributed by atoms with Crippen molar-refractivity contribution in [2.45, 2.75) is 51.5 Å². The summed E-state index contributed by atoms with van der Waals surface area (Å²) in [5, 5.41) is 4.36. The highest BCUT2D eigenvalue weighted by molar-refractivity contribution is 7.92. The van der Waals surface area contributed by atoms with Gasteiger partial charge in [-0.15, -0.1) is 0 Å². The Morgan fingerprint density at radius 1 is 0.933 bits per heavy atom. The number of para-hydroxylation sites is 1. The topological polar surface area (TPSA) is 78.8 Å². The summed E-state index contributed by atoms with van der Waals surface area (Å²) in [7, 11) is -3.60. The van der Waals surface area contributed by atoms with E-state index in [1.54, 1.807) is 24.3 Å². The van der Waals surface area contributed by atoms with Crippen LogP contribution in [-0.4, -0.2) is 26.3 Å². The van der Waals surface area contributed by atoms with E-state index in [2.05, 4.69) is 10.5 Å². The zero-order valence-electron chi connectivity index (χ0n) is 17.4. The highest BCUT2D eigenvalue weighted by Gasteiger charge is 2.23. The van der Waals surface area contributed by atoms with Crippen molar-refractivity contribution in [2.75, 3.05) is 10.6 Å². The monoisotopic (exact) mass is 427 g/mol. The number of benzene rings is 2. The van der Waals surface area contributed by atoms with Gasteiger partial charge in [0, 0.05) is 5.71 Å². The summed E-state index contributed by atoms with van der Waals surface area (Å²) in [5.74, 6) is -0.401. The number of hydrazone groups is 1. The highest BCUT2D eigenvalue weighted by Crippen LogP contribution is 2.25. The first-order chi connectivity index (χ1) is 14.4. The zero-order chi connectivity index (χ0) is 21.4. The molecular weight excluding hydrogens is 398 g/mol. The van der Waals surface area contributed by atoms with Crippen molar-refractivity contribution in [2.24, 2.45) is 5.10 Å². The number of nitrogens with zero attached hydrogens (tertiary/aromatic N) is 2. The van der Waals surface area contributed by atoms with E-state index in [0.717, 1.165) is 43.2 Å². The molecule has 1 fully saturated rings. The Kier molecular flexibility index (Phi) is 7.63. The molecule has 0 bridgehead atoms. The maximum Gasteiger partial charge on any atom is 0.273 e. The Morgan fingerprint density at radius 3 is 2.20 bits per heavy atom. The molecule has 3 rings (SSSR count). The molecule has 0 aliphatic heterocycles. The van der Waals surface area contributed by atoms with E-state index in [1.165, 1.54) is 23.6 Å². The van der Waals surface area contributed by atoms with Gasteiger partial charge >= 0.3 is 0 Å². The van der Waals surface area contributed by atoms with Crippen LogP contribution in [0.25, 0.3) is 0 Å². The number of carbonyl (C=O) groups excluding carboxylic acids is 1. The molecule has 7 heteroatoms. The Bertz CT molecular complexity index is 978. The van der Waals surface area contributed by atoms with Gasteiger partial charge in [-0.05, 0) is 43.4 Å². The normalized spacial score (nSPS) is 15.0. The molecule has 0 aromatic heterocycles. The van der Waals surface area contributed by atoms with Crippen molar-refractivity contribution < 1.29 is 13.2 Å². The highest BCUT2D eigenvalue weighted by atomic mass is 32.2. The average molecular weight is 428 g/mol. The van der Waals surface area contributed by atoms with Crippen molar-refractivity contribution in [1.82, 2.24) is 5.43 Å². The first-order valence-corrected chi connectivity index (χ1v) is 12.3.